The van der Waals surface area contributed by atoms with E-state index in [4.69, 9.17) is 9.47 Å². The standard InChI is InChI=1S/C30H30O3/c1-29-25-19-11-18-24(25)27(29)28(31)33-26(29)20-32-30(21-12-5-2-6-13-21,22-14-7-3-8-15-22)23-16-9-4-10-17-23/h2-10,12-17,24-27H,11,18-20H2,1H3/t24-,25+,26+,27-,29+/m0/s1. The molecule has 3 heteroatoms. The fourth-order valence-corrected chi connectivity index (χ4v) is 7.12. The molecule has 3 aromatic carbocycles. The van der Waals surface area contributed by atoms with E-state index >= 15 is 0 Å². The smallest absolute Gasteiger partial charge is 0.310 e. The Morgan fingerprint density at radius 1 is 0.848 bits per heavy atom. The van der Waals surface area contributed by atoms with Crippen molar-refractivity contribution in [2.45, 2.75) is 37.9 Å². The zero-order valence-corrected chi connectivity index (χ0v) is 19.0. The van der Waals surface area contributed by atoms with Crippen LogP contribution in [0, 0.1) is 23.2 Å². The number of carbonyl (C=O) groups excluding carboxylic acids is 1. The van der Waals surface area contributed by atoms with Crippen molar-refractivity contribution in [3.05, 3.63) is 108 Å². The number of carbonyl (C=O) groups is 1. The highest BCUT2D eigenvalue weighted by atomic mass is 16.6. The van der Waals surface area contributed by atoms with Crippen LogP contribution in [0.15, 0.2) is 91.0 Å². The van der Waals surface area contributed by atoms with Gasteiger partial charge in [0.2, 0.25) is 0 Å². The van der Waals surface area contributed by atoms with Gasteiger partial charge >= 0.3 is 5.97 Å². The SMILES string of the molecule is C[C@]12[C@@H]3CCC[C@@H]3[C@H]1C(=O)O[C@@H]2COC(c1ccccc1)(c1ccccc1)c1ccccc1. The second-order valence-electron chi connectivity index (χ2n) is 10.1. The molecule has 0 spiro atoms. The topological polar surface area (TPSA) is 35.5 Å². The van der Waals surface area contributed by atoms with Crippen LogP contribution in [-0.2, 0) is 19.9 Å². The molecule has 0 unspecified atom stereocenters. The molecule has 0 N–H and O–H groups in total. The lowest BCUT2D eigenvalue weighted by Gasteiger charge is -2.53. The predicted molar refractivity (Wildman–Crippen MR) is 127 cm³/mol. The van der Waals surface area contributed by atoms with E-state index in [-0.39, 0.29) is 23.4 Å². The Hall–Kier alpha value is -2.91. The molecule has 0 radical (unpaired) electrons. The zero-order chi connectivity index (χ0) is 22.5. The van der Waals surface area contributed by atoms with Crippen LogP contribution < -0.4 is 0 Å². The first kappa shape index (κ1) is 20.7. The minimum absolute atomic E-state index is 0.0148. The van der Waals surface area contributed by atoms with Gasteiger partial charge in [-0.15, -0.1) is 0 Å². The molecule has 2 aliphatic carbocycles. The Balaban J connectivity index is 1.42. The third kappa shape index (κ3) is 2.95. The van der Waals surface area contributed by atoms with Crippen molar-refractivity contribution < 1.29 is 14.3 Å². The van der Waals surface area contributed by atoms with Crippen LogP contribution in [-0.4, -0.2) is 18.7 Å². The van der Waals surface area contributed by atoms with E-state index in [2.05, 4.69) is 79.7 Å². The van der Waals surface area contributed by atoms with Crippen LogP contribution in [0.3, 0.4) is 0 Å². The summed E-state index contributed by atoms with van der Waals surface area (Å²) in [6.45, 7) is 2.64. The van der Waals surface area contributed by atoms with E-state index in [0.717, 1.165) is 23.1 Å². The van der Waals surface area contributed by atoms with Crippen molar-refractivity contribution in [3.63, 3.8) is 0 Å². The summed E-state index contributed by atoms with van der Waals surface area (Å²) in [6.07, 6.45) is 3.37. The average molecular weight is 439 g/mol. The summed E-state index contributed by atoms with van der Waals surface area (Å²) in [5.74, 6) is 1.11. The number of benzene rings is 3. The first-order valence-corrected chi connectivity index (χ1v) is 12.2. The molecule has 3 fully saturated rings. The fraction of sp³-hybridized carbons (Fsp3) is 0.367. The van der Waals surface area contributed by atoms with E-state index < -0.39 is 5.60 Å². The van der Waals surface area contributed by atoms with Gasteiger partial charge in [0.1, 0.15) is 11.7 Å². The Morgan fingerprint density at radius 3 is 1.88 bits per heavy atom. The maximum Gasteiger partial charge on any atom is 0.310 e. The maximum absolute atomic E-state index is 12.9. The molecule has 168 valence electrons. The van der Waals surface area contributed by atoms with Gasteiger partial charge in [0.25, 0.3) is 0 Å². The second-order valence-corrected chi connectivity index (χ2v) is 10.1. The normalized spacial score (nSPS) is 30.3. The minimum Gasteiger partial charge on any atom is -0.459 e. The van der Waals surface area contributed by atoms with Crippen LogP contribution in [0.2, 0.25) is 0 Å². The highest BCUT2D eigenvalue weighted by Gasteiger charge is 2.71. The van der Waals surface area contributed by atoms with E-state index in [1.54, 1.807) is 0 Å². The monoisotopic (exact) mass is 438 g/mol. The molecule has 0 amide bonds. The molecule has 5 atom stereocenters. The summed E-state index contributed by atoms with van der Waals surface area (Å²) in [7, 11) is 0. The molecule has 1 saturated heterocycles. The second kappa shape index (κ2) is 7.85. The Bertz CT molecular complexity index is 1030. The quantitative estimate of drug-likeness (QED) is 0.351. The highest BCUT2D eigenvalue weighted by molar-refractivity contribution is 5.78. The van der Waals surface area contributed by atoms with Gasteiger partial charge in [-0.05, 0) is 41.4 Å². The summed E-state index contributed by atoms with van der Waals surface area (Å²) in [5.41, 5.74) is 2.31. The molecule has 3 nitrogen and oxygen atoms in total. The number of hydrogen-bond donors (Lipinski definition) is 0. The number of ether oxygens (including phenoxy) is 2. The molecule has 3 aliphatic rings. The third-order valence-electron chi connectivity index (χ3n) is 8.66. The highest BCUT2D eigenvalue weighted by Crippen LogP contribution is 2.68. The van der Waals surface area contributed by atoms with Crippen molar-refractivity contribution in [2.75, 3.05) is 6.61 Å². The van der Waals surface area contributed by atoms with Crippen LogP contribution >= 0.6 is 0 Å². The number of rotatable bonds is 6. The lowest BCUT2D eigenvalue weighted by molar-refractivity contribution is -0.148. The number of fused-ring (bicyclic) bond motifs is 4. The van der Waals surface area contributed by atoms with E-state index in [0.29, 0.717) is 18.4 Å². The van der Waals surface area contributed by atoms with Gasteiger partial charge in [-0.1, -0.05) is 104 Å². The van der Waals surface area contributed by atoms with Crippen molar-refractivity contribution in [2.24, 2.45) is 23.2 Å². The Morgan fingerprint density at radius 2 is 1.36 bits per heavy atom. The lowest BCUT2D eigenvalue weighted by atomic mass is 9.48. The van der Waals surface area contributed by atoms with Gasteiger partial charge in [0.05, 0.1) is 12.5 Å². The first-order chi connectivity index (χ1) is 16.2. The van der Waals surface area contributed by atoms with Gasteiger partial charge in [-0.25, -0.2) is 0 Å². The largest absolute Gasteiger partial charge is 0.459 e. The van der Waals surface area contributed by atoms with Crippen molar-refractivity contribution in [1.82, 2.24) is 0 Å². The zero-order valence-electron chi connectivity index (χ0n) is 19.0. The van der Waals surface area contributed by atoms with Crippen molar-refractivity contribution >= 4 is 5.97 Å². The number of hydrogen-bond acceptors (Lipinski definition) is 3. The molecular formula is C30H30O3. The summed E-state index contributed by atoms with van der Waals surface area (Å²) >= 11 is 0. The molecule has 0 bridgehead atoms. The van der Waals surface area contributed by atoms with E-state index in [1.165, 1.54) is 12.8 Å². The molecule has 6 rings (SSSR count). The van der Waals surface area contributed by atoms with E-state index in [9.17, 15) is 4.79 Å². The first-order valence-electron chi connectivity index (χ1n) is 12.2. The molecule has 1 heterocycles. The number of esters is 1. The molecular weight excluding hydrogens is 408 g/mol. The fourth-order valence-electron chi connectivity index (χ4n) is 7.12. The van der Waals surface area contributed by atoms with E-state index in [1.807, 2.05) is 18.2 Å². The van der Waals surface area contributed by atoms with Crippen LogP contribution in [0.25, 0.3) is 0 Å². The van der Waals surface area contributed by atoms with Gasteiger partial charge in [0, 0.05) is 5.41 Å². The van der Waals surface area contributed by atoms with Crippen molar-refractivity contribution in [3.8, 4) is 0 Å². The number of cyclic esters (lactones) is 1. The van der Waals surface area contributed by atoms with Crippen LogP contribution in [0.4, 0.5) is 0 Å². The summed E-state index contributed by atoms with van der Waals surface area (Å²) in [6, 6.07) is 31.2. The molecule has 2 saturated carbocycles. The average Bonchev–Trinajstić information content (AvgIpc) is 3.38. The van der Waals surface area contributed by atoms with Gasteiger partial charge in [-0.3, -0.25) is 4.79 Å². The van der Waals surface area contributed by atoms with Gasteiger partial charge in [-0.2, -0.15) is 0 Å². The van der Waals surface area contributed by atoms with Gasteiger partial charge < -0.3 is 9.47 Å². The summed E-state index contributed by atoms with van der Waals surface area (Å²) in [4.78, 5) is 12.9. The van der Waals surface area contributed by atoms with Crippen molar-refractivity contribution in [1.29, 1.82) is 0 Å². The maximum atomic E-state index is 12.9. The van der Waals surface area contributed by atoms with Crippen LogP contribution in [0.5, 0.6) is 0 Å². The molecule has 3 aromatic rings. The summed E-state index contributed by atoms with van der Waals surface area (Å²) in [5, 5.41) is 0. The Kier molecular flexibility index (Phi) is 4.92. The third-order valence-corrected chi connectivity index (χ3v) is 8.66. The van der Waals surface area contributed by atoms with Gasteiger partial charge in [0.15, 0.2) is 0 Å². The molecule has 1 aliphatic heterocycles. The summed E-state index contributed by atoms with van der Waals surface area (Å²) < 4.78 is 13.0. The minimum atomic E-state index is -0.788. The lowest BCUT2D eigenvalue weighted by Crippen LogP contribution is -2.57. The predicted octanol–water partition coefficient (Wildman–Crippen LogP) is 5.97. The van der Waals surface area contributed by atoms with Crippen LogP contribution in [0.1, 0.15) is 42.9 Å². The molecule has 0 aromatic heterocycles. The Labute approximate surface area is 195 Å². The molecule has 33 heavy (non-hydrogen) atoms.